The smallest absolute Gasteiger partial charge is 0.138 e. The minimum Gasteiger partial charge on any atom is -0.311 e. The van der Waals surface area contributed by atoms with Gasteiger partial charge in [0.25, 0.3) is 0 Å². The maximum absolute atomic E-state index is 4.60. The second-order valence-electron chi connectivity index (χ2n) is 5.23. The van der Waals surface area contributed by atoms with Crippen LogP contribution in [0.15, 0.2) is 45.9 Å². The zero-order valence-corrected chi connectivity index (χ0v) is 14.7. The molecule has 0 amide bonds. The molecule has 5 heteroatoms. The quantitative estimate of drug-likeness (QED) is 0.743. The molecule has 0 saturated heterocycles. The maximum atomic E-state index is 4.60. The second kappa shape index (κ2) is 8.51. The summed E-state index contributed by atoms with van der Waals surface area (Å²) in [5.41, 5.74) is 1.05. The van der Waals surface area contributed by atoms with E-state index in [4.69, 9.17) is 0 Å². The highest BCUT2D eigenvalue weighted by molar-refractivity contribution is 9.10. The Bertz CT molecular complexity index is 558. The van der Waals surface area contributed by atoms with E-state index in [1.165, 1.54) is 4.90 Å². The van der Waals surface area contributed by atoms with Crippen molar-refractivity contribution in [3.05, 3.63) is 52.5 Å². The van der Waals surface area contributed by atoms with Crippen LogP contribution in [-0.2, 0) is 12.3 Å². The Hall–Kier alpha value is -0.910. The average molecular weight is 366 g/mol. The summed E-state index contributed by atoms with van der Waals surface area (Å²) in [5.74, 6) is 2.32. The van der Waals surface area contributed by atoms with E-state index in [9.17, 15) is 0 Å². The predicted octanol–water partition coefficient (Wildman–Crippen LogP) is 4.28. The molecular weight excluding hydrogens is 346 g/mol. The number of benzene rings is 1. The van der Waals surface area contributed by atoms with Crippen LogP contribution < -0.4 is 5.32 Å². The van der Waals surface area contributed by atoms with Crippen LogP contribution in [0.2, 0.25) is 0 Å². The second-order valence-corrected chi connectivity index (χ2v) is 7.20. The van der Waals surface area contributed by atoms with Gasteiger partial charge in [-0.1, -0.05) is 29.8 Å². The number of nitrogens with one attached hydrogen (secondary N) is 1. The summed E-state index contributed by atoms with van der Waals surface area (Å²) in [6, 6.07) is 10.3. The fraction of sp³-hybridized carbons (Fsp3) is 0.375. The highest BCUT2D eigenvalue weighted by atomic mass is 79.9. The lowest BCUT2D eigenvalue weighted by molar-refractivity contribution is 0.547. The molecule has 2 aromatic rings. The van der Waals surface area contributed by atoms with Crippen LogP contribution in [0, 0.1) is 5.92 Å². The van der Waals surface area contributed by atoms with Gasteiger partial charge in [-0.25, -0.2) is 9.97 Å². The van der Waals surface area contributed by atoms with Gasteiger partial charge in [0, 0.05) is 22.1 Å². The summed E-state index contributed by atoms with van der Waals surface area (Å²) in [6.45, 7) is 6.21. The van der Waals surface area contributed by atoms with E-state index in [0.29, 0.717) is 5.92 Å². The zero-order chi connectivity index (χ0) is 15.1. The Labute approximate surface area is 139 Å². The summed E-state index contributed by atoms with van der Waals surface area (Å²) in [5, 5.41) is 3.41. The van der Waals surface area contributed by atoms with E-state index >= 15 is 0 Å². The van der Waals surface area contributed by atoms with Crippen molar-refractivity contribution in [3.63, 3.8) is 0 Å². The lowest BCUT2D eigenvalue weighted by atomic mass is 10.2. The molecular formula is C16H20BrN3S. The Morgan fingerprint density at radius 2 is 1.95 bits per heavy atom. The number of hydrogen-bond donors (Lipinski definition) is 1. The number of aromatic nitrogens is 2. The summed E-state index contributed by atoms with van der Waals surface area (Å²) in [6.07, 6.45) is 1.84. The van der Waals surface area contributed by atoms with Crippen molar-refractivity contribution in [2.24, 2.45) is 5.92 Å². The summed E-state index contributed by atoms with van der Waals surface area (Å²) in [4.78, 5) is 10.2. The summed E-state index contributed by atoms with van der Waals surface area (Å²) >= 11 is 5.20. The van der Waals surface area contributed by atoms with Gasteiger partial charge in [-0.05, 0) is 42.8 Å². The van der Waals surface area contributed by atoms with Gasteiger partial charge in [-0.15, -0.1) is 11.8 Å². The zero-order valence-electron chi connectivity index (χ0n) is 12.3. The fourth-order valence-electron chi connectivity index (χ4n) is 1.78. The van der Waals surface area contributed by atoms with Crippen molar-refractivity contribution >= 4 is 27.7 Å². The van der Waals surface area contributed by atoms with E-state index in [0.717, 1.165) is 34.8 Å². The van der Waals surface area contributed by atoms with Crippen LogP contribution in [0.5, 0.6) is 0 Å². The Morgan fingerprint density at radius 3 is 2.67 bits per heavy atom. The maximum Gasteiger partial charge on any atom is 0.138 e. The van der Waals surface area contributed by atoms with E-state index in [1.54, 1.807) is 11.8 Å². The summed E-state index contributed by atoms with van der Waals surface area (Å²) in [7, 11) is 0. The Balaban J connectivity index is 1.87. The molecule has 0 bridgehead atoms. The van der Waals surface area contributed by atoms with E-state index < -0.39 is 0 Å². The molecule has 0 atom stereocenters. The normalized spacial score (nSPS) is 11.0. The molecule has 0 spiro atoms. The van der Waals surface area contributed by atoms with Crippen LogP contribution >= 0.6 is 27.7 Å². The first-order valence-corrected chi connectivity index (χ1v) is 8.81. The number of hydrogen-bond acceptors (Lipinski definition) is 4. The third-order valence-corrected chi connectivity index (χ3v) is 4.34. The molecule has 1 aromatic carbocycles. The van der Waals surface area contributed by atoms with Crippen LogP contribution in [0.25, 0.3) is 0 Å². The highest BCUT2D eigenvalue weighted by Gasteiger charge is 2.02. The first-order chi connectivity index (χ1) is 10.1. The molecule has 0 fully saturated rings. The van der Waals surface area contributed by atoms with Crippen molar-refractivity contribution in [2.75, 3.05) is 6.54 Å². The van der Waals surface area contributed by atoms with Crippen molar-refractivity contribution in [1.29, 1.82) is 0 Å². The first-order valence-electron chi connectivity index (χ1n) is 7.03. The van der Waals surface area contributed by atoms with Crippen LogP contribution in [-0.4, -0.2) is 16.5 Å². The third kappa shape index (κ3) is 6.16. The van der Waals surface area contributed by atoms with Gasteiger partial charge in [0.05, 0.1) is 11.4 Å². The molecule has 21 heavy (non-hydrogen) atoms. The molecule has 1 N–H and O–H groups in total. The van der Waals surface area contributed by atoms with Crippen molar-refractivity contribution < 1.29 is 0 Å². The molecule has 2 rings (SSSR count). The number of halogens is 1. The average Bonchev–Trinajstić information content (AvgIpc) is 2.47. The third-order valence-electron chi connectivity index (χ3n) is 2.80. The van der Waals surface area contributed by atoms with Crippen LogP contribution in [0.4, 0.5) is 0 Å². The van der Waals surface area contributed by atoms with E-state index in [-0.39, 0.29) is 0 Å². The Morgan fingerprint density at radius 1 is 1.19 bits per heavy atom. The Kier molecular flexibility index (Phi) is 6.67. The topological polar surface area (TPSA) is 37.8 Å². The minimum absolute atomic E-state index is 0.652. The van der Waals surface area contributed by atoms with Crippen LogP contribution in [0.1, 0.15) is 25.4 Å². The highest BCUT2D eigenvalue weighted by Crippen LogP contribution is 2.23. The van der Waals surface area contributed by atoms with Gasteiger partial charge in [0.1, 0.15) is 5.82 Å². The van der Waals surface area contributed by atoms with Gasteiger partial charge < -0.3 is 5.32 Å². The molecule has 0 unspecified atom stereocenters. The number of nitrogens with zero attached hydrogens (tertiary/aromatic N) is 2. The minimum atomic E-state index is 0.652. The van der Waals surface area contributed by atoms with Gasteiger partial charge in [-0.3, -0.25) is 0 Å². The van der Waals surface area contributed by atoms with Crippen molar-refractivity contribution in [3.8, 4) is 0 Å². The molecule has 112 valence electrons. The molecule has 1 heterocycles. The molecule has 3 nitrogen and oxygen atoms in total. The first kappa shape index (κ1) is 16.5. The van der Waals surface area contributed by atoms with Crippen molar-refractivity contribution in [1.82, 2.24) is 15.3 Å². The van der Waals surface area contributed by atoms with E-state index in [1.807, 2.05) is 12.3 Å². The lowest BCUT2D eigenvalue weighted by Crippen LogP contribution is -2.19. The number of thioether (sulfide) groups is 1. The van der Waals surface area contributed by atoms with Crippen LogP contribution in [0.3, 0.4) is 0 Å². The standard InChI is InChI=1S/C16H20BrN3S/c1-12(2)9-18-10-14-7-8-19-16(20-14)11-21-15-5-3-13(17)4-6-15/h3-8,12,18H,9-11H2,1-2H3. The molecule has 1 aromatic heterocycles. The van der Waals surface area contributed by atoms with Crippen molar-refractivity contribution in [2.45, 2.75) is 31.0 Å². The summed E-state index contributed by atoms with van der Waals surface area (Å²) < 4.78 is 1.10. The molecule has 0 saturated carbocycles. The molecule has 0 aliphatic rings. The van der Waals surface area contributed by atoms with E-state index in [2.05, 4.69) is 69.3 Å². The fourth-order valence-corrected chi connectivity index (χ4v) is 2.80. The van der Waals surface area contributed by atoms with Gasteiger partial charge in [0.15, 0.2) is 0 Å². The largest absolute Gasteiger partial charge is 0.311 e. The predicted molar refractivity (Wildman–Crippen MR) is 92.3 cm³/mol. The molecule has 0 aliphatic carbocycles. The number of rotatable bonds is 7. The lowest BCUT2D eigenvalue weighted by Gasteiger charge is -2.07. The molecule has 0 aliphatic heterocycles. The molecule has 0 radical (unpaired) electrons. The van der Waals surface area contributed by atoms with Gasteiger partial charge >= 0.3 is 0 Å². The van der Waals surface area contributed by atoms with Gasteiger partial charge in [0.2, 0.25) is 0 Å². The monoisotopic (exact) mass is 365 g/mol. The SMILES string of the molecule is CC(C)CNCc1ccnc(CSc2ccc(Br)cc2)n1. The van der Waals surface area contributed by atoms with Gasteiger partial charge in [-0.2, -0.15) is 0 Å².